The van der Waals surface area contributed by atoms with Crippen LogP contribution in [-0.2, 0) is 9.47 Å². The Morgan fingerprint density at radius 2 is 1.94 bits per heavy atom. The summed E-state index contributed by atoms with van der Waals surface area (Å²) < 4.78 is 11.7. The van der Waals surface area contributed by atoms with Gasteiger partial charge in [-0.1, -0.05) is 6.92 Å². The Balaban J connectivity index is 2.87. The molecule has 102 valence electrons. The Hall–Kier alpha value is -0.120. The van der Waals surface area contributed by atoms with E-state index in [-0.39, 0.29) is 17.3 Å². The quantitative estimate of drug-likeness (QED) is 0.805. The van der Waals surface area contributed by atoms with Crippen LogP contribution in [0, 0.1) is 5.92 Å². The van der Waals surface area contributed by atoms with Crippen molar-refractivity contribution < 1.29 is 9.47 Å². The van der Waals surface area contributed by atoms with Crippen LogP contribution in [0.4, 0.5) is 0 Å². The predicted molar refractivity (Wildman–Crippen MR) is 71.3 cm³/mol. The predicted octanol–water partition coefficient (Wildman–Crippen LogP) is 2.59. The van der Waals surface area contributed by atoms with Crippen LogP contribution in [0.3, 0.4) is 0 Å². The third-order valence-electron chi connectivity index (χ3n) is 3.89. The molecule has 1 aliphatic rings. The second-order valence-corrected chi connectivity index (χ2v) is 6.30. The van der Waals surface area contributed by atoms with Gasteiger partial charge in [-0.05, 0) is 47.6 Å². The summed E-state index contributed by atoms with van der Waals surface area (Å²) in [6, 6.07) is 0.349. The van der Waals surface area contributed by atoms with Gasteiger partial charge in [0.25, 0.3) is 0 Å². The average Bonchev–Trinajstić information content (AvgIpc) is 2.42. The third-order valence-corrected chi connectivity index (χ3v) is 3.89. The van der Waals surface area contributed by atoms with Gasteiger partial charge in [-0.15, -0.1) is 0 Å². The lowest BCUT2D eigenvalue weighted by Gasteiger charge is -2.36. The first-order chi connectivity index (χ1) is 7.73. The van der Waals surface area contributed by atoms with Gasteiger partial charge in [0, 0.05) is 19.1 Å². The van der Waals surface area contributed by atoms with E-state index in [1.165, 1.54) is 0 Å². The molecule has 0 aromatic carbocycles. The van der Waals surface area contributed by atoms with E-state index in [9.17, 15) is 0 Å². The molecule has 17 heavy (non-hydrogen) atoms. The summed E-state index contributed by atoms with van der Waals surface area (Å²) in [6.45, 7) is 14.0. The summed E-state index contributed by atoms with van der Waals surface area (Å²) in [5.74, 6) is 0.479. The van der Waals surface area contributed by atoms with Gasteiger partial charge >= 0.3 is 0 Å². The molecular weight excluding hydrogens is 214 g/mol. The lowest BCUT2D eigenvalue weighted by atomic mass is 9.79. The molecule has 0 bridgehead atoms. The van der Waals surface area contributed by atoms with Crippen LogP contribution in [0.25, 0.3) is 0 Å². The summed E-state index contributed by atoms with van der Waals surface area (Å²) >= 11 is 0. The largest absolute Gasteiger partial charge is 0.380 e. The molecule has 0 aromatic rings. The first-order valence-electron chi connectivity index (χ1n) is 6.70. The monoisotopic (exact) mass is 243 g/mol. The minimum atomic E-state index is -0.0941. The molecule has 1 heterocycles. The zero-order valence-corrected chi connectivity index (χ0v) is 12.5. The summed E-state index contributed by atoms with van der Waals surface area (Å²) in [7, 11) is 1.78. The molecule has 0 saturated carbocycles. The molecule has 1 N–H and O–H groups in total. The number of likely N-dealkylation sites (N-methyl/N-ethyl adjacent to an activating group) is 1. The standard InChI is InChI=1S/C14H29NO2/c1-8-15-12(10(2)16-7)11-9-13(3,4)17-14(11,5)6/h10-12,15H,8-9H2,1-7H3. The van der Waals surface area contributed by atoms with E-state index < -0.39 is 0 Å². The Bertz CT molecular complexity index is 251. The second-order valence-electron chi connectivity index (χ2n) is 6.30. The van der Waals surface area contributed by atoms with Crippen molar-refractivity contribution in [2.75, 3.05) is 13.7 Å². The van der Waals surface area contributed by atoms with Gasteiger partial charge in [0.15, 0.2) is 0 Å². The number of hydrogen-bond acceptors (Lipinski definition) is 3. The van der Waals surface area contributed by atoms with Crippen LogP contribution >= 0.6 is 0 Å². The maximum atomic E-state index is 6.18. The van der Waals surface area contributed by atoms with E-state index in [0.29, 0.717) is 12.0 Å². The van der Waals surface area contributed by atoms with Gasteiger partial charge in [-0.2, -0.15) is 0 Å². The zero-order valence-electron chi connectivity index (χ0n) is 12.5. The topological polar surface area (TPSA) is 30.5 Å². The molecule has 3 atom stereocenters. The molecular formula is C14H29NO2. The molecule has 3 nitrogen and oxygen atoms in total. The van der Waals surface area contributed by atoms with Gasteiger partial charge in [0.05, 0.1) is 17.3 Å². The molecule has 1 rings (SSSR count). The smallest absolute Gasteiger partial charge is 0.0699 e. The number of hydrogen-bond donors (Lipinski definition) is 1. The molecule has 1 fully saturated rings. The molecule has 0 aliphatic carbocycles. The van der Waals surface area contributed by atoms with Crippen LogP contribution in [0.5, 0.6) is 0 Å². The normalized spacial score (nSPS) is 30.2. The minimum absolute atomic E-state index is 0.0324. The van der Waals surface area contributed by atoms with Crippen molar-refractivity contribution in [3.8, 4) is 0 Å². The van der Waals surface area contributed by atoms with Gasteiger partial charge in [0.1, 0.15) is 0 Å². The number of nitrogens with one attached hydrogen (secondary N) is 1. The van der Waals surface area contributed by atoms with Gasteiger partial charge < -0.3 is 14.8 Å². The molecule has 3 heteroatoms. The van der Waals surface area contributed by atoms with Crippen molar-refractivity contribution in [3.63, 3.8) is 0 Å². The molecule has 0 amide bonds. The number of rotatable bonds is 5. The van der Waals surface area contributed by atoms with E-state index in [0.717, 1.165) is 13.0 Å². The molecule has 0 aromatic heterocycles. The van der Waals surface area contributed by atoms with E-state index in [1.807, 2.05) is 0 Å². The third kappa shape index (κ3) is 3.43. The van der Waals surface area contributed by atoms with Crippen LogP contribution in [-0.4, -0.2) is 37.0 Å². The fourth-order valence-electron chi connectivity index (χ4n) is 3.18. The van der Waals surface area contributed by atoms with Crippen LogP contribution < -0.4 is 5.32 Å². The molecule has 1 saturated heterocycles. The molecule has 1 aliphatic heterocycles. The van der Waals surface area contributed by atoms with E-state index in [1.54, 1.807) is 7.11 Å². The summed E-state index contributed by atoms with van der Waals surface area (Å²) in [5.41, 5.74) is -0.127. The van der Waals surface area contributed by atoms with E-state index in [4.69, 9.17) is 9.47 Å². The van der Waals surface area contributed by atoms with Crippen molar-refractivity contribution in [3.05, 3.63) is 0 Å². The first-order valence-corrected chi connectivity index (χ1v) is 6.70. The lowest BCUT2D eigenvalue weighted by Crippen LogP contribution is -2.50. The molecule has 0 spiro atoms. The SMILES string of the molecule is CCNC(C(C)OC)C1CC(C)(C)OC1(C)C. The fourth-order valence-corrected chi connectivity index (χ4v) is 3.18. The van der Waals surface area contributed by atoms with E-state index >= 15 is 0 Å². The first kappa shape index (κ1) is 14.9. The summed E-state index contributed by atoms with van der Waals surface area (Å²) in [6.07, 6.45) is 1.28. The lowest BCUT2D eigenvalue weighted by molar-refractivity contribution is -0.0832. The number of ether oxygens (including phenoxy) is 2. The van der Waals surface area contributed by atoms with Gasteiger partial charge in [0.2, 0.25) is 0 Å². The maximum Gasteiger partial charge on any atom is 0.0699 e. The summed E-state index contributed by atoms with van der Waals surface area (Å²) in [5, 5.41) is 3.56. The van der Waals surface area contributed by atoms with Crippen molar-refractivity contribution in [2.45, 2.75) is 71.3 Å². The highest BCUT2D eigenvalue weighted by atomic mass is 16.5. The maximum absolute atomic E-state index is 6.18. The fraction of sp³-hybridized carbons (Fsp3) is 1.00. The van der Waals surface area contributed by atoms with E-state index in [2.05, 4.69) is 46.9 Å². The minimum Gasteiger partial charge on any atom is -0.380 e. The van der Waals surface area contributed by atoms with Crippen molar-refractivity contribution in [1.29, 1.82) is 0 Å². The van der Waals surface area contributed by atoms with Crippen LogP contribution in [0.1, 0.15) is 48.0 Å². The van der Waals surface area contributed by atoms with Gasteiger partial charge in [-0.3, -0.25) is 0 Å². The zero-order chi connectivity index (χ0) is 13.3. The highest BCUT2D eigenvalue weighted by Crippen LogP contribution is 2.44. The highest BCUT2D eigenvalue weighted by molar-refractivity contribution is 5.01. The Labute approximate surface area is 106 Å². The average molecular weight is 243 g/mol. The highest BCUT2D eigenvalue weighted by Gasteiger charge is 2.49. The van der Waals surface area contributed by atoms with Crippen molar-refractivity contribution in [1.82, 2.24) is 5.32 Å². The van der Waals surface area contributed by atoms with Crippen molar-refractivity contribution in [2.24, 2.45) is 5.92 Å². The Morgan fingerprint density at radius 1 is 1.35 bits per heavy atom. The number of methoxy groups -OCH3 is 1. The van der Waals surface area contributed by atoms with Crippen LogP contribution in [0.15, 0.2) is 0 Å². The van der Waals surface area contributed by atoms with Crippen molar-refractivity contribution >= 4 is 0 Å². The van der Waals surface area contributed by atoms with Gasteiger partial charge in [-0.25, -0.2) is 0 Å². The Kier molecular flexibility index (Phi) is 4.61. The Morgan fingerprint density at radius 3 is 2.29 bits per heavy atom. The molecule has 0 radical (unpaired) electrons. The molecule has 3 unspecified atom stereocenters. The summed E-state index contributed by atoms with van der Waals surface area (Å²) in [4.78, 5) is 0. The van der Waals surface area contributed by atoms with Crippen LogP contribution in [0.2, 0.25) is 0 Å². The second kappa shape index (κ2) is 5.25.